The summed E-state index contributed by atoms with van der Waals surface area (Å²) >= 11 is 0. The van der Waals surface area contributed by atoms with Crippen molar-refractivity contribution in [1.82, 2.24) is 9.71 Å². The Morgan fingerprint density at radius 1 is 1.15 bits per heavy atom. The fourth-order valence-corrected chi connectivity index (χ4v) is 4.51. The first-order valence-corrected chi connectivity index (χ1v) is 9.57. The molecule has 4 rings (SSSR count). The summed E-state index contributed by atoms with van der Waals surface area (Å²) in [5, 5.41) is 14.3. The summed E-state index contributed by atoms with van der Waals surface area (Å²) in [7, 11) is -4.05. The number of nitrogens with zero attached hydrogens (tertiary/aromatic N) is 1. The van der Waals surface area contributed by atoms with E-state index in [1.165, 1.54) is 12.3 Å². The normalized spacial score (nSPS) is 15.1. The third kappa shape index (κ3) is 2.89. The number of anilines is 1. The number of sulfonamides is 1. The summed E-state index contributed by atoms with van der Waals surface area (Å²) in [4.78, 5) is 16.5. The molecule has 0 unspecified atom stereocenters. The zero-order valence-electron chi connectivity index (χ0n) is 14.2. The van der Waals surface area contributed by atoms with Gasteiger partial charge in [0.05, 0.1) is 0 Å². The highest BCUT2D eigenvalue weighted by atomic mass is 32.2. The van der Waals surface area contributed by atoms with Gasteiger partial charge in [0.1, 0.15) is 10.7 Å². The van der Waals surface area contributed by atoms with Crippen LogP contribution in [0.25, 0.3) is 16.5 Å². The van der Waals surface area contributed by atoms with Crippen LogP contribution in [-0.2, 0) is 14.8 Å². The highest BCUT2D eigenvalue weighted by Gasteiger charge is 2.34. The molecule has 0 saturated carbocycles. The molecular formula is C19H15N3O4S. The molecule has 1 aromatic heterocycles. The van der Waals surface area contributed by atoms with E-state index in [4.69, 9.17) is 0 Å². The minimum absolute atomic E-state index is 0.0525. The molecule has 0 bridgehead atoms. The van der Waals surface area contributed by atoms with Gasteiger partial charge in [-0.1, -0.05) is 30.3 Å². The summed E-state index contributed by atoms with van der Waals surface area (Å²) in [5.74, 6) is -0.979. The Balaban J connectivity index is 1.84. The third-order valence-corrected chi connectivity index (χ3v) is 5.71. The van der Waals surface area contributed by atoms with Gasteiger partial charge in [-0.25, -0.2) is 13.4 Å². The zero-order chi connectivity index (χ0) is 19.2. The molecule has 0 aliphatic carbocycles. The molecule has 0 spiro atoms. The Morgan fingerprint density at radius 2 is 1.93 bits per heavy atom. The molecule has 0 fully saturated rings. The Labute approximate surface area is 155 Å². The molecule has 2 heterocycles. The lowest BCUT2D eigenvalue weighted by molar-refractivity contribution is -0.113. The second kappa shape index (κ2) is 6.10. The number of aromatic nitrogens is 1. The third-order valence-electron chi connectivity index (χ3n) is 4.26. The number of amides is 1. The molecule has 1 aliphatic rings. The van der Waals surface area contributed by atoms with Gasteiger partial charge in [0.15, 0.2) is 11.5 Å². The number of pyridine rings is 1. The van der Waals surface area contributed by atoms with Crippen molar-refractivity contribution in [2.24, 2.45) is 0 Å². The molecule has 136 valence electrons. The standard InChI is InChI=1S/C19H15N3O4S/c1-11-8-9-20-15(10-11)21-19(24)16-17(23)14-7-6-12-4-2-3-5-13(12)18(14)27(25,26)22-16/h2-10,22-23H,1H3,(H,20,21,24). The van der Waals surface area contributed by atoms with Crippen LogP contribution in [0.1, 0.15) is 11.1 Å². The topological polar surface area (TPSA) is 108 Å². The van der Waals surface area contributed by atoms with Gasteiger partial charge in [0.2, 0.25) is 0 Å². The number of hydrogen-bond acceptors (Lipinski definition) is 5. The summed E-state index contributed by atoms with van der Waals surface area (Å²) in [6.45, 7) is 1.83. The molecule has 0 radical (unpaired) electrons. The first-order valence-electron chi connectivity index (χ1n) is 8.09. The second-order valence-corrected chi connectivity index (χ2v) is 7.78. The van der Waals surface area contributed by atoms with E-state index in [9.17, 15) is 18.3 Å². The lowest BCUT2D eigenvalue weighted by Crippen LogP contribution is -2.35. The number of nitrogens with one attached hydrogen (secondary N) is 2. The van der Waals surface area contributed by atoms with E-state index in [2.05, 4.69) is 15.0 Å². The fourth-order valence-electron chi connectivity index (χ4n) is 3.02. The molecule has 0 atom stereocenters. The molecule has 3 N–H and O–H groups in total. The highest BCUT2D eigenvalue weighted by Crippen LogP contribution is 2.35. The summed E-state index contributed by atoms with van der Waals surface area (Å²) in [6, 6.07) is 13.5. The van der Waals surface area contributed by atoms with Crippen LogP contribution < -0.4 is 10.0 Å². The van der Waals surface area contributed by atoms with E-state index in [1.807, 2.05) is 6.92 Å². The molecule has 8 heteroatoms. The number of carbonyl (C=O) groups excluding carboxylic acids is 1. The molecule has 1 aliphatic heterocycles. The van der Waals surface area contributed by atoms with Crippen molar-refractivity contribution in [3.05, 3.63) is 71.6 Å². The molecule has 1 amide bonds. The second-order valence-electron chi connectivity index (χ2n) is 6.17. The quantitative estimate of drug-likeness (QED) is 0.632. The molecule has 7 nitrogen and oxygen atoms in total. The summed E-state index contributed by atoms with van der Waals surface area (Å²) in [6.07, 6.45) is 1.52. The smallest absolute Gasteiger partial charge is 0.277 e. The van der Waals surface area contributed by atoms with Crippen molar-refractivity contribution in [3.63, 3.8) is 0 Å². The maximum atomic E-state index is 12.8. The Hall–Kier alpha value is -3.39. The minimum atomic E-state index is -4.05. The number of aryl methyl sites for hydroxylation is 1. The predicted octanol–water partition coefficient (Wildman–Crippen LogP) is 2.70. The Bertz CT molecular complexity index is 1230. The molecule has 3 aromatic rings. The zero-order valence-corrected chi connectivity index (χ0v) is 15.0. The number of aliphatic hydroxyl groups is 1. The Morgan fingerprint density at radius 3 is 2.70 bits per heavy atom. The first kappa shape index (κ1) is 17.0. The van der Waals surface area contributed by atoms with Crippen LogP contribution in [0.3, 0.4) is 0 Å². The number of rotatable bonds is 2. The monoisotopic (exact) mass is 381 g/mol. The lowest BCUT2D eigenvalue weighted by Gasteiger charge is -2.22. The lowest BCUT2D eigenvalue weighted by atomic mass is 10.0. The number of benzene rings is 2. The average Bonchev–Trinajstić information content (AvgIpc) is 2.64. The molecule has 27 heavy (non-hydrogen) atoms. The van der Waals surface area contributed by atoms with Gasteiger partial charge in [-0.15, -0.1) is 0 Å². The van der Waals surface area contributed by atoms with Crippen LogP contribution in [0.5, 0.6) is 0 Å². The molecular weight excluding hydrogens is 366 g/mol. The number of carbonyl (C=O) groups is 1. The number of aliphatic hydroxyl groups excluding tert-OH is 1. The molecule has 2 aromatic carbocycles. The molecule has 0 saturated heterocycles. The van der Waals surface area contributed by atoms with Crippen LogP contribution >= 0.6 is 0 Å². The van der Waals surface area contributed by atoms with Crippen LogP contribution in [0, 0.1) is 6.92 Å². The summed E-state index contributed by atoms with van der Waals surface area (Å²) in [5.41, 5.74) is 0.510. The Kier molecular flexibility index (Phi) is 3.85. The predicted molar refractivity (Wildman–Crippen MR) is 101 cm³/mol. The maximum Gasteiger partial charge on any atom is 0.277 e. The van der Waals surface area contributed by atoms with Gasteiger partial charge in [0.25, 0.3) is 15.9 Å². The van der Waals surface area contributed by atoms with E-state index < -0.39 is 27.4 Å². The maximum absolute atomic E-state index is 12.8. The van der Waals surface area contributed by atoms with Crippen LogP contribution in [-0.4, -0.2) is 24.4 Å². The largest absolute Gasteiger partial charge is 0.505 e. The van der Waals surface area contributed by atoms with Crippen LogP contribution in [0.4, 0.5) is 5.82 Å². The summed E-state index contributed by atoms with van der Waals surface area (Å²) < 4.78 is 27.8. The van der Waals surface area contributed by atoms with Gasteiger partial charge in [-0.3, -0.25) is 9.52 Å². The van der Waals surface area contributed by atoms with Crippen molar-refractivity contribution < 1.29 is 18.3 Å². The van der Waals surface area contributed by atoms with E-state index >= 15 is 0 Å². The average molecular weight is 381 g/mol. The minimum Gasteiger partial charge on any atom is -0.505 e. The highest BCUT2D eigenvalue weighted by molar-refractivity contribution is 7.90. The number of hydrogen-bond donors (Lipinski definition) is 3. The van der Waals surface area contributed by atoms with E-state index in [-0.39, 0.29) is 16.3 Å². The van der Waals surface area contributed by atoms with Crippen molar-refractivity contribution in [3.8, 4) is 0 Å². The SMILES string of the molecule is Cc1ccnc(NC(=O)C2=C(O)c3ccc4ccccc4c3S(=O)(=O)N2)c1. The van der Waals surface area contributed by atoms with E-state index in [0.717, 1.165) is 5.56 Å². The first-order chi connectivity index (χ1) is 12.9. The van der Waals surface area contributed by atoms with Gasteiger partial charge in [-0.05, 0) is 36.1 Å². The van der Waals surface area contributed by atoms with Crippen molar-refractivity contribution >= 4 is 38.3 Å². The fraction of sp³-hybridized carbons (Fsp3) is 0.0526. The van der Waals surface area contributed by atoms with Gasteiger partial charge >= 0.3 is 0 Å². The van der Waals surface area contributed by atoms with Gasteiger partial charge < -0.3 is 10.4 Å². The number of fused-ring (bicyclic) bond motifs is 3. The van der Waals surface area contributed by atoms with Crippen molar-refractivity contribution in [2.45, 2.75) is 11.8 Å². The van der Waals surface area contributed by atoms with E-state index in [1.54, 1.807) is 42.5 Å². The van der Waals surface area contributed by atoms with E-state index in [0.29, 0.717) is 10.8 Å². The van der Waals surface area contributed by atoms with Crippen molar-refractivity contribution in [2.75, 3.05) is 5.32 Å². The van der Waals surface area contributed by atoms with Crippen LogP contribution in [0.2, 0.25) is 0 Å². The van der Waals surface area contributed by atoms with Crippen LogP contribution in [0.15, 0.2) is 65.3 Å². The van der Waals surface area contributed by atoms with Crippen molar-refractivity contribution in [1.29, 1.82) is 0 Å². The van der Waals surface area contributed by atoms with Gasteiger partial charge in [-0.2, -0.15) is 0 Å². The van der Waals surface area contributed by atoms with Gasteiger partial charge in [0, 0.05) is 17.1 Å².